The molecule has 1 fully saturated rings. The molecule has 3 heterocycles. The number of ketones is 1. The molecule has 2 aliphatic heterocycles. The summed E-state index contributed by atoms with van der Waals surface area (Å²) in [7, 11) is 0. The second kappa shape index (κ2) is 10.8. The fourth-order valence-electron chi connectivity index (χ4n) is 5.44. The minimum Gasteiger partial charge on any atom is -0.374 e. The number of aromatic nitrogens is 1. The Labute approximate surface area is 226 Å². The van der Waals surface area contributed by atoms with E-state index in [1.807, 2.05) is 74.8 Å². The molecule has 2 aliphatic rings. The van der Waals surface area contributed by atoms with Gasteiger partial charge in [0.25, 0.3) is 0 Å². The number of amides is 2. The van der Waals surface area contributed by atoms with Crippen LogP contribution in [0, 0.1) is 12.8 Å². The fraction of sp³-hybridized carbons (Fsp3) is 0.379. The minimum absolute atomic E-state index is 0.00520. The monoisotopic (exact) mass is 532 g/mol. The number of aryl methyl sites for hydroxylation is 1. The van der Waals surface area contributed by atoms with Gasteiger partial charge in [-0.05, 0) is 35.1 Å². The number of fused-ring (bicyclic) bond motifs is 1. The maximum atomic E-state index is 13.8. The summed E-state index contributed by atoms with van der Waals surface area (Å²) < 4.78 is 0. The summed E-state index contributed by atoms with van der Waals surface area (Å²) in [5, 5.41) is 13.9. The molecule has 0 bridgehead atoms. The Morgan fingerprint density at radius 1 is 1.13 bits per heavy atom. The summed E-state index contributed by atoms with van der Waals surface area (Å²) in [5.74, 6) is -0.927. The number of carbonyl (C=O) groups is 3. The van der Waals surface area contributed by atoms with Crippen LogP contribution in [-0.2, 0) is 27.5 Å². The number of nitrogens with one attached hydrogen (secondary N) is 1. The van der Waals surface area contributed by atoms with E-state index in [1.165, 1.54) is 4.90 Å². The zero-order chi connectivity index (χ0) is 27.0. The third-order valence-corrected chi connectivity index (χ3v) is 8.38. The maximum absolute atomic E-state index is 13.8. The molecular formula is C29H32N4O4S. The van der Waals surface area contributed by atoms with Gasteiger partial charge in [-0.2, -0.15) is 0 Å². The smallest absolute Gasteiger partial charge is 0.243 e. The lowest BCUT2D eigenvalue weighted by atomic mass is 10.00. The molecule has 38 heavy (non-hydrogen) atoms. The topological polar surface area (TPSA) is 103 Å². The van der Waals surface area contributed by atoms with Gasteiger partial charge < -0.3 is 15.3 Å². The summed E-state index contributed by atoms with van der Waals surface area (Å²) in [6, 6.07) is 14.0. The van der Waals surface area contributed by atoms with Gasteiger partial charge in [0.05, 0.1) is 28.7 Å². The van der Waals surface area contributed by atoms with Crippen molar-refractivity contribution in [2.24, 2.45) is 5.92 Å². The summed E-state index contributed by atoms with van der Waals surface area (Å²) in [6.07, 6.45) is -0.917. The van der Waals surface area contributed by atoms with E-state index in [0.717, 1.165) is 32.8 Å². The standard InChI is InChI=1S/C29H32N4O4S/c1-17(2)25(33-14-21-6-4-5-7-23(21)28(33)36)29(37)32-15-22(34)12-24(32)27(35)30-13-19-8-10-20(11-9-19)26-18(3)31-16-38-26/h4-11,16-17,24-25,28,36H,12-15H2,1-3H3,(H,30,35)/t24-,25-,28?/m0/s1. The first-order chi connectivity index (χ1) is 18.2. The van der Waals surface area contributed by atoms with E-state index in [2.05, 4.69) is 10.3 Å². The molecule has 1 aromatic heterocycles. The highest BCUT2D eigenvalue weighted by atomic mass is 32.1. The van der Waals surface area contributed by atoms with Gasteiger partial charge in [0.2, 0.25) is 11.8 Å². The molecule has 0 spiro atoms. The number of Topliss-reactive ketones (excluding diaryl/α,β-unsaturated/α-hetero) is 1. The predicted molar refractivity (Wildman–Crippen MR) is 145 cm³/mol. The second-order valence-corrected chi connectivity index (χ2v) is 11.2. The van der Waals surface area contributed by atoms with E-state index in [9.17, 15) is 19.5 Å². The molecule has 3 aromatic rings. The Hall–Kier alpha value is -3.40. The van der Waals surface area contributed by atoms with Crippen molar-refractivity contribution in [2.75, 3.05) is 6.54 Å². The molecule has 1 saturated heterocycles. The summed E-state index contributed by atoms with van der Waals surface area (Å²) in [4.78, 5) is 48.0. The number of carbonyl (C=O) groups excluding carboxylic acids is 3. The number of hydrogen-bond donors (Lipinski definition) is 2. The SMILES string of the molecule is Cc1ncsc1-c1ccc(CNC(=O)[C@@H]2CC(=O)CN2C(=O)[C@H](C(C)C)N2Cc3ccccc3C2O)cc1. The summed E-state index contributed by atoms with van der Waals surface area (Å²) in [6.45, 7) is 6.44. The zero-order valence-corrected chi connectivity index (χ0v) is 22.6. The third-order valence-electron chi connectivity index (χ3n) is 7.40. The summed E-state index contributed by atoms with van der Waals surface area (Å²) in [5.41, 5.74) is 6.56. The van der Waals surface area contributed by atoms with Crippen molar-refractivity contribution in [1.82, 2.24) is 20.1 Å². The zero-order valence-electron chi connectivity index (χ0n) is 21.8. The first-order valence-electron chi connectivity index (χ1n) is 12.9. The van der Waals surface area contributed by atoms with Crippen LogP contribution in [0.25, 0.3) is 10.4 Å². The van der Waals surface area contributed by atoms with Gasteiger partial charge in [0.1, 0.15) is 12.3 Å². The molecule has 8 nitrogen and oxygen atoms in total. The van der Waals surface area contributed by atoms with Crippen LogP contribution in [0.1, 0.15) is 48.9 Å². The summed E-state index contributed by atoms with van der Waals surface area (Å²) >= 11 is 1.59. The normalized spacial score (nSPS) is 20.1. The number of nitrogens with zero attached hydrogens (tertiary/aromatic N) is 3. The average molecular weight is 533 g/mol. The van der Waals surface area contributed by atoms with Crippen LogP contribution < -0.4 is 5.32 Å². The van der Waals surface area contributed by atoms with Crippen molar-refractivity contribution in [2.45, 2.75) is 58.6 Å². The van der Waals surface area contributed by atoms with E-state index in [4.69, 9.17) is 0 Å². The quantitative estimate of drug-likeness (QED) is 0.483. The van der Waals surface area contributed by atoms with Gasteiger partial charge in [-0.15, -0.1) is 11.3 Å². The van der Waals surface area contributed by atoms with Crippen molar-refractivity contribution in [3.63, 3.8) is 0 Å². The van der Waals surface area contributed by atoms with E-state index in [-0.39, 0.29) is 36.5 Å². The molecule has 0 aliphatic carbocycles. The maximum Gasteiger partial charge on any atom is 0.243 e. The Bertz CT molecular complexity index is 1350. The number of benzene rings is 2. The molecule has 9 heteroatoms. The highest BCUT2D eigenvalue weighted by molar-refractivity contribution is 7.13. The number of likely N-dealkylation sites (tertiary alicyclic amines) is 1. The van der Waals surface area contributed by atoms with Gasteiger partial charge in [-0.25, -0.2) is 4.98 Å². The van der Waals surface area contributed by atoms with Crippen molar-refractivity contribution >= 4 is 28.9 Å². The van der Waals surface area contributed by atoms with E-state index >= 15 is 0 Å². The highest BCUT2D eigenvalue weighted by Crippen LogP contribution is 2.36. The van der Waals surface area contributed by atoms with Gasteiger partial charge in [-0.1, -0.05) is 62.4 Å². The number of rotatable bonds is 7. The van der Waals surface area contributed by atoms with E-state index in [0.29, 0.717) is 13.1 Å². The molecule has 3 atom stereocenters. The van der Waals surface area contributed by atoms with Crippen LogP contribution in [0.3, 0.4) is 0 Å². The van der Waals surface area contributed by atoms with Crippen LogP contribution in [-0.4, -0.2) is 56.1 Å². The first kappa shape index (κ1) is 26.2. The van der Waals surface area contributed by atoms with E-state index < -0.39 is 18.3 Å². The Kier molecular flexibility index (Phi) is 7.43. The molecule has 198 valence electrons. The first-order valence-corrected chi connectivity index (χ1v) is 13.7. The van der Waals surface area contributed by atoms with Crippen LogP contribution in [0.4, 0.5) is 0 Å². The van der Waals surface area contributed by atoms with Crippen molar-refractivity contribution < 1.29 is 19.5 Å². The lowest BCUT2D eigenvalue weighted by Gasteiger charge is -2.36. The van der Waals surface area contributed by atoms with E-state index in [1.54, 1.807) is 16.2 Å². The molecule has 1 unspecified atom stereocenters. The number of aliphatic hydroxyl groups excluding tert-OH is 1. The number of thiazole rings is 1. The Morgan fingerprint density at radius 3 is 2.53 bits per heavy atom. The Morgan fingerprint density at radius 2 is 1.87 bits per heavy atom. The van der Waals surface area contributed by atoms with Gasteiger partial charge >= 0.3 is 0 Å². The molecule has 0 radical (unpaired) electrons. The largest absolute Gasteiger partial charge is 0.374 e. The van der Waals surface area contributed by atoms with Gasteiger partial charge in [-0.3, -0.25) is 19.3 Å². The van der Waals surface area contributed by atoms with Crippen LogP contribution in [0.5, 0.6) is 0 Å². The van der Waals surface area contributed by atoms with Crippen molar-refractivity contribution in [3.05, 3.63) is 76.4 Å². The predicted octanol–water partition coefficient (Wildman–Crippen LogP) is 3.44. The molecule has 2 amide bonds. The lowest BCUT2D eigenvalue weighted by molar-refractivity contribution is -0.149. The van der Waals surface area contributed by atoms with Gasteiger partial charge in [0.15, 0.2) is 5.78 Å². The number of aliphatic hydroxyl groups is 1. The van der Waals surface area contributed by atoms with Crippen LogP contribution in [0.2, 0.25) is 0 Å². The van der Waals surface area contributed by atoms with Gasteiger partial charge in [0, 0.05) is 19.5 Å². The fourth-order valence-corrected chi connectivity index (χ4v) is 6.25. The molecule has 2 aromatic carbocycles. The molecule has 0 saturated carbocycles. The minimum atomic E-state index is -0.912. The van der Waals surface area contributed by atoms with Crippen LogP contribution >= 0.6 is 11.3 Å². The lowest BCUT2D eigenvalue weighted by Crippen LogP contribution is -2.54. The van der Waals surface area contributed by atoms with Crippen molar-refractivity contribution in [1.29, 1.82) is 0 Å². The number of hydrogen-bond acceptors (Lipinski definition) is 7. The average Bonchev–Trinajstić information content (AvgIpc) is 3.60. The second-order valence-electron chi connectivity index (χ2n) is 10.3. The Balaban J connectivity index is 1.27. The third kappa shape index (κ3) is 5.01. The molecular weight excluding hydrogens is 500 g/mol. The molecule has 5 rings (SSSR count). The van der Waals surface area contributed by atoms with Crippen LogP contribution in [0.15, 0.2) is 54.0 Å². The molecule has 2 N–H and O–H groups in total. The highest BCUT2D eigenvalue weighted by Gasteiger charge is 2.46. The van der Waals surface area contributed by atoms with Crippen molar-refractivity contribution in [3.8, 4) is 10.4 Å².